The number of likely N-dealkylation sites (tertiary alicyclic amines) is 1. The summed E-state index contributed by atoms with van der Waals surface area (Å²) in [6.07, 6.45) is 1.48. The average molecular weight is 335 g/mol. The summed E-state index contributed by atoms with van der Waals surface area (Å²) in [5.41, 5.74) is 1.35. The van der Waals surface area contributed by atoms with E-state index in [0.29, 0.717) is 31.7 Å². The highest BCUT2D eigenvalue weighted by molar-refractivity contribution is 5.89. The van der Waals surface area contributed by atoms with Crippen molar-refractivity contribution in [2.75, 3.05) is 26.8 Å². The fourth-order valence-corrected chi connectivity index (χ4v) is 2.81. The standard InChI is InChI=1S/C18H25NO5/c1-3-4-11-24-18(22)19-10-9-16(20)15(12-19)13-5-7-14(8-6-13)17(21)23-2/h5-8,15-16,20H,3-4,9-12H2,1-2H3. The molecule has 6 nitrogen and oxygen atoms in total. The van der Waals surface area contributed by atoms with Gasteiger partial charge in [0.25, 0.3) is 0 Å². The molecule has 1 aliphatic rings. The van der Waals surface area contributed by atoms with Crippen molar-refractivity contribution >= 4 is 12.1 Å². The van der Waals surface area contributed by atoms with E-state index < -0.39 is 12.1 Å². The molecule has 6 heteroatoms. The Morgan fingerprint density at radius 1 is 1.29 bits per heavy atom. The second kappa shape index (κ2) is 8.68. The number of esters is 1. The molecule has 0 aromatic heterocycles. The molecule has 0 saturated carbocycles. The third kappa shape index (κ3) is 4.47. The number of aliphatic hydroxyl groups excluding tert-OH is 1. The highest BCUT2D eigenvalue weighted by Crippen LogP contribution is 2.28. The molecule has 1 heterocycles. The van der Waals surface area contributed by atoms with E-state index in [1.807, 2.05) is 6.92 Å². The van der Waals surface area contributed by atoms with E-state index in [4.69, 9.17) is 4.74 Å². The van der Waals surface area contributed by atoms with Crippen LogP contribution in [0.25, 0.3) is 0 Å². The van der Waals surface area contributed by atoms with Gasteiger partial charge < -0.3 is 19.5 Å². The molecule has 1 aromatic rings. The van der Waals surface area contributed by atoms with E-state index in [1.54, 1.807) is 29.2 Å². The molecule has 0 bridgehead atoms. The van der Waals surface area contributed by atoms with Crippen molar-refractivity contribution in [1.29, 1.82) is 0 Å². The normalized spacial score (nSPS) is 20.5. The summed E-state index contributed by atoms with van der Waals surface area (Å²) in [6.45, 7) is 3.36. The predicted molar refractivity (Wildman–Crippen MR) is 89.0 cm³/mol. The zero-order valence-electron chi connectivity index (χ0n) is 14.2. The van der Waals surface area contributed by atoms with Crippen LogP contribution in [0.3, 0.4) is 0 Å². The van der Waals surface area contributed by atoms with Gasteiger partial charge in [0, 0.05) is 19.0 Å². The molecule has 1 aliphatic heterocycles. The molecule has 0 spiro atoms. The van der Waals surface area contributed by atoms with Crippen LogP contribution in [0.5, 0.6) is 0 Å². The van der Waals surface area contributed by atoms with E-state index in [1.165, 1.54) is 7.11 Å². The van der Waals surface area contributed by atoms with Crippen LogP contribution in [-0.2, 0) is 9.47 Å². The lowest BCUT2D eigenvalue weighted by molar-refractivity contribution is 0.0446. The zero-order valence-corrected chi connectivity index (χ0v) is 14.2. The lowest BCUT2D eigenvalue weighted by atomic mass is 9.88. The Balaban J connectivity index is 2.02. The molecule has 24 heavy (non-hydrogen) atoms. The molecule has 132 valence electrons. The maximum absolute atomic E-state index is 12.1. The number of hydrogen-bond donors (Lipinski definition) is 1. The first kappa shape index (κ1) is 18.3. The number of piperidine rings is 1. The van der Waals surface area contributed by atoms with Gasteiger partial charge in [-0.15, -0.1) is 0 Å². The van der Waals surface area contributed by atoms with Crippen LogP contribution in [0.2, 0.25) is 0 Å². The number of unbranched alkanes of at least 4 members (excludes halogenated alkanes) is 1. The van der Waals surface area contributed by atoms with Crippen molar-refractivity contribution in [3.8, 4) is 0 Å². The van der Waals surface area contributed by atoms with Gasteiger partial charge in [-0.1, -0.05) is 25.5 Å². The van der Waals surface area contributed by atoms with Crippen LogP contribution < -0.4 is 0 Å². The molecule has 1 amide bonds. The molecular weight excluding hydrogens is 310 g/mol. The van der Waals surface area contributed by atoms with Gasteiger partial charge in [-0.05, 0) is 30.5 Å². The Labute approximate surface area is 142 Å². The van der Waals surface area contributed by atoms with E-state index >= 15 is 0 Å². The van der Waals surface area contributed by atoms with Crippen LogP contribution >= 0.6 is 0 Å². The minimum absolute atomic E-state index is 0.191. The summed E-state index contributed by atoms with van der Waals surface area (Å²) in [5, 5.41) is 10.3. The quantitative estimate of drug-likeness (QED) is 0.661. The van der Waals surface area contributed by atoms with Gasteiger partial charge in [0.2, 0.25) is 0 Å². The molecule has 1 N–H and O–H groups in total. The molecule has 2 unspecified atom stereocenters. The zero-order chi connectivity index (χ0) is 17.5. The largest absolute Gasteiger partial charge is 0.465 e. The maximum Gasteiger partial charge on any atom is 0.409 e. The second-order valence-corrected chi connectivity index (χ2v) is 5.99. The van der Waals surface area contributed by atoms with Crippen molar-refractivity contribution in [2.24, 2.45) is 0 Å². The van der Waals surface area contributed by atoms with Crippen molar-refractivity contribution in [1.82, 2.24) is 4.90 Å². The molecule has 1 fully saturated rings. The minimum Gasteiger partial charge on any atom is -0.465 e. The predicted octanol–water partition coefficient (Wildman–Crippen LogP) is 2.56. The fraction of sp³-hybridized carbons (Fsp3) is 0.556. The van der Waals surface area contributed by atoms with Crippen molar-refractivity contribution in [3.05, 3.63) is 35.4 Å². The first-order valence-corrected chi connectivity index (χ1v) is 8.34. The van der Waals surface area contributed by atoms with Gasteiger partial charge in [-0.3, -0.25) is 0 Å². The molecule has 1 aromatic carbocycles. The van der Waals surface area contributed by atoms with Crippen LogP contribution in [-0.4, -0.2) is 55.0 Å². The van der Waals surface area contributed by atoms with Crippen LogP contribution in [0.1, 0.15) is 48.0 Å². The monoisotopic (exact) mass is 335 g/mol. The van der Waals surface area contributed by atoms with E-state index in [2.05, 4.69) is 4.74 Å². The number of hydrogen-bond acceptors (Lipinski definition) is 5. The minimum atomic E-state index is -0.520. The Bertz CT molecular complexity index is 557. The van der Waals surface area contributed by atoms with Crippen molar-refractivity contribution in [2.45, 2.75) is 38.2 Å². The third-order valence-corrected chi connectivity index (χ3v) is 4.32. The van der Waals surface area contributed by atoms with Gasteiger partial charge in [-0.25, -0.2) is 9.59 Å². The smallest absolute Gasteiger partial charge is 0.409 e. The number of methoxy groups -OCH3 is 1. The van der Waals surface area contributed by atoms with Crippen LogP contribution in [0, 0.1) is 0 Å². The summed E-state index contributed by atoms with van der Waals surface area (Å²) in [6, 6.07) is 6.94. The summed E-state index contributed by atoms with van der Waals surface area (Å²) in [4.78, 5) is 25.2. The number of rotatable bonds is 5. The summed E-state index contributed by atoms with van der Waals surface area (Å²) in [7, 11) is 1.34. The number of amides is 1. The fourth-order valence-electron chi connectivity index (χ4n) is 2.81. The van der Waals surface area contributed by atoms with Gasteiger partial charge in [0.1, 0.15) is 0 Å². The highest BCUT2D eigenvalue weighted by atomic mass is 16.6. The van der Waals surface area contributed by atoms with Crippen LogP contribution in [0.4, 0.5) is 4.79 Å². The molecule has 1 saturated heterocycles. The van der Waals surface area contributed by atoms with Crippen LogP contribution in [0.15, 0.2) is 24.3 Å². The van der Waals surface area contributed by atoms with Gasteiger partial charge in [0.15, 0.2) is 0 Å². The number of benzene rings is 1. The topological polar surface area (TPSA) is 76.1 Å². The molecular formula is C18H25NO5. The average Bonchev–Trinajstić information content (AvgIpc) is 2.61. The van der Waals surface area contributed by atoms with E-state index in [9.17, 15) is 14.7 Å². The number of ether oxygens (including phenoxy) is 2. The number of carbonyl (C=O) groups excluding carboxylic acids is 2. The first-order valence-electron chi connectivity index (χ1n) is 8.34. The molecule has 2 rings (SSSR count). The highest BCUT2D eigenvalue weighted by Gasteiger charge is 2.32. The second-order valence-electron chi connectivity index (χ2n) is 5.99. The molecule has 0 aliphatic carbocycles. The Kier molecular flexibility index (Phi) is 6.61. The van der Waals surface area contributed by atoms with Gasteiger partial charge in [-0.2, -0.15) is 0 Å². The van der Waals surface area contributed by atoms with Gasteiger partial charge in [0.05, 0.1) is 25.4 Å². The first-order chi connectivity index (χ1) is 11.6. The Morgan fingerprint density at radius 3 is 2.62 bits per heavy atom. The van der Waals surface area contributed by atoms with E-state index in [0.717, 1.165) is 18.4 Å². The van der Waals surface area contributed by atoms with Crippen molar-refractivity contribution in [3.63, 3.8) is 0 Å². The summed E-state index contributed by atoms with van der Waals surface area (Å²) in [5.74, 6) is -0.587. The number of aliphatic hydroxyl groups is 1. The summed E-state index contributed by atoms with van der Waals surface area (Å²) < 4.78 is 9.93. The van der Waals surface area contributed by atoms with Crippen molar-refractivity contribution < 1.29 is 24.2 Å². The maximum atomic E-state index is 12.1. The Hall–Kier alpha value is -2.08. The van der Waals surface area contributed by atoms with E-state index in [-0.39, 0.29) is 12.0 Å². The SMILES string of the molecule is CCCCOC(=O)N1CCC(O)C(c2ccc(C(=O)OC)cc2)C1. The van der Waals surface area contributed by atoms with Gasteiger partial charge >= 0.3 is 12.1 Å². The lowest BCUT2D eigenvalue weighted by Gasteiger charge is -2.35. The third-order valence-electron chi connectivity index (χ3n) is 4.32. The Morgan fingerprint density at radius 2 is 2.00 bits per heavy atom. The molecule has 0 radical (unpaired) electrons. The number of carbonyl (C=O) groups is 2. The summed E-state index contributed by atoms with van der Waals surface area (Å²) >= 11 is 0. The molecule has 2 atom stereocenters. The lowest BCUT2D eigenvalue weighted by Crippen LogP contribution is -2.45. The number of nitrogens with zero attached hydrogens (tertiary/aromatic N) is 1.